The van der Waals surface area contributed by atoms with Crippen LogP contribution in [0.25, 0.3) is 0 Å². The Bertz CT molecular complexity index is 636. The molecule has 5 heteroatoms. The smallest absolute Gasteiger partial charge is 0.227 e. The maximum absolute atomic E-state index is 12.6. The van der Waals surface area contributed by atoms with Gasteiger partial charge in [0, 0.05) is 50.5 Å². The van der Waals surface area contributed by atoms with Crippen molar-refractivity contribution in [3.63, 3.8) is 0 Å². The molecule has 1 aliphatic carbocycles. The van der Waals surface area contributed by atoms with Gasteiger partial charge in [0.25, 0.3) is 0 Å². The molecule has 0 unspecified atom stereocenters. The van der Waals surface area contributed by atoms with E-state index in [-0.39, 0.29) is 11.8 Å². The second-order valence-electron chi connectivity index (χ2n) is 7.67. The predicted octanol–water partition coefficient (Wildman–Crippen LogP) is 2.44. The third-order valence-electron chi connectivity index (χ3n) is 6.12. The Kier molecular flexibility index (Phi) is 5.50. The van der Waals surface area contributed by atoms with Gasteiger partial charge in [0.05, 0.1) is 6.42 Å². The maximum atomic E-state index is 12.6. The summed E-state index contributed by atoms with van der Waals surface area (Å²) in [5.41, 5.74) is 3.46. The molecule has 1 saturated carbocycles. The number of nitrogens with zero attached hydrogens (tertiary/aromatic N) is 3. The van der Waals surface area contributed by atoms with Crippen molar-refractivity contribution >= 4 is 11.8 Å². The van der Waals surface area contributed by atoms with Gasteiger partial charge >= 0.3 is 0 Å². The fraction of sp³-hybridized carbons (Fsp3) is 0.700. The SMILES string of the molecule is Cc1cc(CC(=O)N2CCN(C(=O)C3CCCCC3)CC2)c(C)n1C. The quantitative estimate of drug-likeness (QED) is 0.845. The van der Waals surface area contributed by atoms with Gasteiger partial charge in [-0.2, -0.15) is 0 Å². The number of hydrogen-bond donors (Lipinski definition) is 0. The fourth-order valence-electron chi connectivity index (χ4n) is 4.17. The lowest BCUT2D eigenvalue weighted by atomic mass is 9.88. The van der Waals surface area contributed by atoms with E-state index in [9.17, 15) is 9.59 Å². The second kappa shape index (κ2) is 7.63. The molecule has 25 heavy (non-hydrogen) atoms. The molecule has 0 spiro atoms. The van der Waals surface area contributed by atoms with E-state index >= 15 is 0 Å². The van der Waals surface area contributed by atoms with Crippen molar-refractivity contribution in [1.29, 1.82) is 0 Å². The zero-order valence-electron chi connectivity index (χ0n) is 15.9. The third kappa shape index (κ3) is 3.91. The van der Waals surface area contributed by atoms with Crippen LogP contribution in [0.1, 0.15) is 49.1 Å². The van der Waals surface area contributed by atoms with E-state index in [0.717, 1.165) is 24.1 Å². The van der Waals surface area contributed by atoms with Crippen molar-refractivity contribution in [1.82, 2.24) is 14.4 Å². The summed E-state index contributed by atoms with van der Waals surface area (Å²) in [6, 6.07) is 2.11. The maximum Gasteiger partial charge on any atom is 0.227 e. The summed E-state index contributed by atoms with van der Waals surface area (Å²) in [6.07, 6.45) is 6.19. The lowest BCUT2D eigenvalue weighted by Gasteiger charge is -2.37. The van der Waals surface area contributed by atoms with E-state index in [1.54, 1.807) is 0 Å². The topological polar surface area (TPSA) is 45.6 Å². The Hall–Kier alpha value is -1.78. The largest absolute Gasteiger partial charge is 0.352 e. The molecule has 3 rings (SSSR count). The number of amides is 2. The molecule has 2 fully saturated rings. The first kappa shape index (κ1) is 18.0. The van der Waals surface area contributed by atoms with Crippen LogP contribution in [0.4, 0.5) is 0 Å². The molecule has 0 N–H and O–H groups in total. The summed E-state index contributed by atoms with van der Waals surface area (Å²) < 4.78 is 2.13. The number of rotatable bonds is 3. The molecule has 0 atom stereocenters. The van der Waals surface area contributed by atoms with Gasteiger partial charge in [0.1, 0.15) is 0 Å². The highest BCUT2D eigenvalue weighted by atomic mass is 16.2. The van der Waals surface area contributed by atoms with Gasteiger partial charge in [0.2, 0.25) is 11.8 Å². The van der Waals surface area contributed by atoms with Crippen molar-refractivity contribution < 1.29 is 9.59 Å². The first-order valence-electron chi connectivity index (χ1n) is 9.65. The molecule has 1 saturated heterocycles. The monoisotopic (exact) mass is 345 g/mol. The van der Waals surface area contributed by atoms with Crippen LogP contribution in [-0.4, -0.2) is 52.4 Å². The van der Waals surface area contributed by atoms with Crippen LogP contribution in [0.2, 0.25) is 0 Å². The number of aromatic nitrogens is 1. The van der Waals surface area contributed by atoms with Crippen molar-refractivity contribution in [2.24, 2.45) is 13.0 Å². The van der Waals surface area contributed by atoms with Gasteiger partial charge in [-0.25, -0.2) is 0 Å². The van der Waals surface area contributed by atoms with Gasteiger partial charge in [0.15, 0.2) is 0 Å². The summed E-state index contributed by atoms with van der Waals surface area (Å²) in [7, 11) is 2.04. The summed E-state index contributed by atoms with van der Waals surface area (Å²) in [4.78, 5) is 29.2. The molecule has 1 aliphatic heterocycles. The number of carbonyl (C=O) groups excluding carboxylic acids is 2. The van der Waals surface area contributed by atoms with Crippen LogP contribution in [0.3, 0.4) is 0 Å². The number of carbonyl (C=O) groups is 2. The zero-order valence-corrected chi connectivity index (χ0v) is 15.9. The van der Waals surface area contributed by atoms with E-state index in [1.807, 2.05) is 16.8 Å². The van der Waals surface area contributed by atoms with Crippen molar-refractivity contribution in [3.05, 3.63) is 23.0 Å². The Morgan fingerprint density at radius 3 is 2.16 bits per heavy atom. The molecule has 0 bridgehead atoms. The molecule has 1 aromatic rings. The minimum atomic E-state index is 0.179. The first-order valence-corrected chi connectivity index (χ1v) is 9.65. The molecule has 2 amide bonds. The Labute approximate surface area is 151 Å². The Morgan fingerprint density at radius 2 is 1.60 bits per heavy atom. The van der Waals surface area contributed by atoms with E-state index in [2.05, 4.69) is 24.5 Å². The van der Waals surface area contributed by atoms with Gasteiger partial charge < -0.3 is 14.4 Å². The molecular weight excluding hydrogens is 314 g/mol. The van der Waals surface area contributed by atoms with E-state index in [1.165, 1.54) is 25.0 Å². The van der Waals surface area contributed by atoms with Crippen LogP contribution in [0.5, 0.6) is 0 Å². The van der Waals surface area contributed by atoms with E-state index < -0.39 is 0 Å². The highest BCUT2D eigenvalue weighted by molar-refractivity contribution is 5.81. The lowest BCUT2D eigenvalue weighted by Crippen LogP contribution is -2.52. The van der Waals surface area contributed by atoms with Crippen molar-refractivity contribution in [2.75, 3.05) is 26.2 Å². The number of hydrogen-bond acceptors (Lipinski definition) is 2. The summed E-state index contributed by atoms with van der Waals surface area (Å²) in [6.45, 7) is 6.85. The van der Waals surface area contributed by atoms with Crippen LogP contribution in [0.15, 0.2) is 6.07 Å². The lowest BCUT2D eigenvalue weighted by molar-refractivity contribution is -0.142. The van der Waals surface area contributed by atoms with Gasteiger partial charge in [-0.15, -0.1) is 0 Å². The Morgan fingerprint density at radius 1 is 1.00 bits per heavy atom. The Balaban J connectivity index is 1.52. The predicted molar refractivity (Wildman–Crippen MR) is 98.3 cm³/mol. The van der Waals surface area contributed by atoms with Crippen molar-refractivity contribution in [3.8, 4) is 0 Å². The van der Waals surface area contributed by atoms with E-state index in [0.29, 0.717) is 38.5 Å². The minimum absolute atomic E-state index is 0.179. The minimum Gasteiger partial charge on any atom is -0.352 e. The zero-order chi connectivity index (χ0) is 18.0. The first-order chi connectivity index (χ1) is 12.0. The van der Waals surface area contributed by atoms with E-state index in [4.69, 9.17) is 0 Å². The average molecular weight is 345 g/mol. The molecule has 138 valence electrons. The highest BCUT2D eigenvalue weighted by Crippen LogP contribution is 2.26. The fourth-order valence-corrected chi connectivity index (χ4v) is 4.17. The normalized spacial score (nSPS) is 19.3. The van der Waals surface area contributed by atoms with Gasteiger partial charge in [-0.1, -0.05) is 19.3 Å². The van der Waals surface area contributed by atoms with Crippen LogP contribution in [-0.2, 0) is 23.1 Å². The van der Waals surface area contributed by atoms with Gasteiger partial charge in [-0.05, 0) is 38.3 Å². The molecule has 5 nitrogen and oxygen atoms in total. The summed E-state index contributed by atoms with van der Waals surface area (Å²) in [5.74, 6) is 0.728. The van der Waals surface area contributed by atoms with Crippen LogP contribution < -0.4 is 0 Å². The molecule has 1 aromatic heterocycles. The molecule has 2 heterocycles. The number of piperazine rings is 1. The van der Waals surface area contributed by atoms with Gasteiger partial charge in [-0.3, -0.25) is 9.59 Å². The average Bonchev–Trinajstić information content (AvgIpc) is 2.88. The molecular formula is C20H31N3O2. The van der Waals surface area contributed by atoms with Crippen LogP contribution in [0, 0.1) is 19.8 Å². The molecule has 0 radical (unpaired) electrons. The second-order valence-corrected chi connectivity index (χ2v) is 7.67. The third-order valence-corrected chi connectivity index (χ3v) is 6.12. The highest BCUT2D eigenvalue weighted by Gasteiger charge is 2.29. The number of aryl methyl sites for hydroxylation is 1. The molecule has 0 aromatic carbocycles. The standard InChI is InChI=1S/C20H31N3O2/c1-15-13-18(16(2)21(15)3)14-19(24)22-9-11-23(12-10-22)20(25)17-7-5-4-6-8-17/h13,17H,4-12,14H2,1-3H3. The molecule has 2 aliphatic rings. The van der Waals surface area contributed by atoms with Crippen LogP contribution >= 0.6 is 0 Å². The summed E-state index contributed by atoms with van der Waals surface area (Å²) in [5, 5.41) is 0. The van der Waals surface area contributed by atoms with Crippen molar-refractivity contribution in [2.45, 2.75) is 52.4 Å². The summed E-state index contributed by atoms with van der Waals surface area (Å²) >= 11 is 0.